The molecule has 1 heterocycles. The topological polar surface area (TPSA) is 56.7 Å². The highest BCUT2D eigenvalue weighted by Crippen LogP contribution is 2.09. The maximum absolute atomic E-state index is 11.2. The van der Waals surface area contributed by atoms with E-state index in [-0.39, 0.29) is 5.91 Å². The number of piperidine rings is 1. The van der Waals surface area contributed by atoms with Gasteiger partial charge in [0.2, 0.25) is 5.91 Å². The van der Waals surface area contributed by atoms with Crippen LogP contribution in [0.5, 0.6) is 0 Å². The van der Waals surface area contributed by atoms with Gasteiger partial charge in [-0.15, -0.1) is 0 Å². The van der Waals surface area contributed by atoms with Crippen LogP contribution in [0.25, 0.3) is 0 Å². The second kappa shape index (κ2) is 4.83. The summed E-state index contributed by atoms with van der Waals surface area (Å²) in [7, 11) is 5.39. The Morgan fingerprint density at radius 2 is 2.36 bits per heavy atom. The van der Waals surface area contributed by atoms with Crippen molar-refractivity contribution in [2.45, 2.75) is 18.9 Å². The van der Waals surface area contributed by atoms with Gasteiger partial charge >= 0.3 is 0 Å². The number of amides is 1. The lowest BCUT2D eigenvalue weighted by atomic mass is 10.1. The summed E-state index contributed by atoms with van der Waals surface area (Å²) in [6.07, 6.45) is 1.50. The molecule has 0 saturated carbocycles. The summed E-state index contributed by atoms with van der Waals surface area (Å²) in [5, 5.41) is 6.21. The van der Waals surface area contributed by atoms with Crippen LogP contribution in [0.1, 0.15) is 12.8 Å². The Morgan fingerprint density at radius 3 is 2.86 bits per heavy atom. The Kier molecular flexibility index (Phi) is 3.73. The molecule has 1 aliphatic heterocycles. The van der Waals surface area contributed by atoms with Crippen LogP contribution in [0.3, 0.4) is 0 Å². The van der Waals surface area contributed by atoms with Crippen molar-refractivity contribution >= 4 is 11.9 Å². The number of likely N-dealkylation sites (tertiary alicyclic amines) is 1. The van der Waals surface area contributed by atoms with Crippen molar-refractivity contribution < 1.29 is 4.79 Å². The highest BCUT2D eigenvalue weighted by Gasteiger charge is 2.22. The number of nitrogens with zero attached hydrogens (tertiary/aromatic N) is 2. The molecule has 2 N–H and O–H groups in total. The van der Waals surface area contributed by atoms with E-state index in [1.807, 2.05) is 14.1 Å². The SMILES string of the molecule is CN=C(NC)NC1CCC(=O)N(C)C1. The Balaban J connectivity index is 2.43. The Labute approximate surface area is 84.6 Å². The lowest BCUT2D eigenvalue weighted by molar-refractivity contribution is -0.132. The molecule has 0 spiro atoms. The number of carbonyl (C=O) groups is 1. The molecule has 1 atom stereocenters. The third kappa shape index (κ3) is 2.61. The predicted octanol–water partition coefficient (Wildman–Crippen LogP) is -0.598. The van der Waals surface area contributed by atoms with Crippen LogP contribution in [0.15, 0.2) is 4.99 Å². The van der Waals surface area contributed by atoms with Crippen molar-refractivity contribution in [1.82, 2.24) is 15.5 Å². The monoisotopic (exact) mass is 198 g/mol. The quantitative estimate of drug-likeness (QED) is 0.437. The van der Waals surface area contributed by atoms with Gasteiger partial charge in [-0.3, -0.25) is 9.79 Å². The lowest BCUT2D eigenvalue weighted by Crippen LogP contribution is -2.51. The highest BCUT2D eigenvalue weighted by atomic mass is 16.2. The van der Waals surface area contributed by atoms with Crippen LogP contribution in [-0.2, 0) is 4.79 Å². The van der Waals surface area contributed by atoms with Crippen molar-refractivity contribution in [2.75, 3.05) is 27.7 Å². The fourth-order valence-electron chi connectivity index (χ4n) is 1.57. The van der Waals surface area contributed by atoms with Crippen LogP contribution in [0.2, 0.25) is 0 Å². The van der Waals surface area contributed by atoms with Gasteiger partial charge in [-0.1, -0.05) is 0 Å². The third-order valence-electron chi connectivity index (χ3n) is 2.43. The molecule has 0 bridgehead atoms. The highest BCUT2D eigenvalue weighted by molar-refractivity contribution is 5.80. The molecule has 0 aromatic carbocycles. The first-order chi connectivity index (χ1) is 6.67. The van der Waals surface area contributed by atoms with Gasteiger partial charge in [0.1, 0.15) is 0 Å². The second-order valence-electron chi connectivity index (χ2n) is 3.48. The fourth-order valence-corrected chi connectivity index (χ4v) is 1.57. The van der Waals surface area contributed by atoms with Crippen LogP contribution >= 0.6 is 0 Å². The van der Waals surface area contributed by atoms with E-state index in [4.69, 9.17) is 0 Å². The molecule has 1 unspecified atom stereocenters. The van der Waals surface area contributed by atoms with E-state index >= 15 is 0 Å². The van der Waals surface area contributed by atoms with Crippen molar-refractivity contribution in [2.24, 2.45) is 4.99 Å². The van der Waals surface area contributed by atoms with Gasteiger partial charge in [0, 0.05) is 40.2 Å². The van der Waals surface area contributed by atoms with E-state index in [0.717, 1.165) is 18.9 Å². The van der Waals surface area contributed by atoms with Gasteiger partial charge in [0.15, 0.2) is 5.96 Å². The standard InChI is InChI=1S/C9H18N4O/c1-10-9(11-2)12-7-4-5-8(14)13(3)6-7/h7H,4-6H2,1-3H3,(H2,10,11,12). The van der Waals surface area contributed by atoms with E-state index in [2.05, 4.69) is 15.6 Å². The maximum atomic E-state index is 11.2. The summed E-state index contributed by atoms with van der Waals surface area (Å²) in [4.78, 5) is 17.0. The summed E-state index contributed by atoms with van der Waals surface area (Å²) in [5.74, 6) is 1.00. The van der Waals surface area contributed by atoms with Crippen LogP contribution in [0, 0.1) is 0 Å². The first kappa shape index (κ1) is 10.8. The van der Waals surface area contributed by atoms with Gasteiger partial charge in [-0.2, -0.15) is 0 Å². The summed E-state index contributed by atoms with van der Waals surface area (Å²) >= 11 is 0. The molecule has 5 heteroatoms. The zero-order chi connectivity index (χ0) is 10.6. The lowest BCUT2D eigenvalue weighted by Gasteiger charge is -2.30. The van der Waals surface area contributed by atoms with Crippen molar-refractivity contribution in [1.29, 1.82) is 0 Å². The van der Waals surface area contributed by atoms with Gasteiger partial charge < -0.3 is 15.5 Å². The first-order valence-electron chi connectivity index (χ1n) is 4.82. The van der Waals surface area contributed by atoms with Gasteiger partial charge in [0.25, 0.3) is 0 Å². The minimum absolute atomic E-state index is 0.225. The maximum Gasteiger partial charge on any atom is 0.222 e. The van der Waals surface area contributed by atoms with E-state index in [9.17, 15) is 4.79 Å². The summed E-state index contributed by atoms with van der Waals surface area (Å²) in [6.45, 7) is 0.750. The number of carbonyl (C=O) groups excluding carboxylic acids is 1. The Bertz CT molecular complexity index is 239. The number of hydrogen-bond acceptors (Lipinski definition) is 2. The van der Waals surface area contributed by atoms with Crippen molar-refractivity contribution in [3.05, 3.63) is 0 Å². The molecule has 0 radical (unpaired) electrons. The van der Waals surface area contributed by atoms with E-state index in [0.29, 0.717) is 12.5 Å². The molecule has 0 aliphatic carbocycles. The number of likely N-dealkylation sites (N-methyl/N-ethyl adjacent to an activating group) is 1. The van der Waals surface area contributed by atoms with E-state index in [1.54, 1.807) is 11.9 Å². The minimum Gasteiger partial charge on any atom is -0.359 e. The van der Waals surface area contributed by atoms with E-state index < -0.39 is 0 Å². The van der Waals surface area contributed by atoms with Gasteiger partial charge in [-0.05, 0) is 6.42 Å². The number of nitrogens with one attached hydrogen (secondary N) is 2. The first-order valence-corrected chi connectivity index (χ1v) is 4.82. The summed E-state index contributed by atoms with van der Waals surface area (Å²) < 4.78 is 0. The fraction of sp³-hybridized carbons (Fsp3) is 0.778. The van der Waals surface area contributed by atoms with Crippen molar-refractivity contribution in [3.63, 3.8) is 0 Å². The molecule has 80 valence electrons. The summed E-state index contributed by atoms with van der Waals surface area (Å²) in [6, 6.07) is 0.309. The number of rotatable bonds is 1. The normalized spacial score (nSPS) is 23.6. The summed E-state index contributed by atoms with van der Waals surface area (Å²) in [5.41, 5.74) is 0. The van der Waals surface area contributed by atoms with Gasteiger partial charge in [0.05, 0.1) is 0 Å². The molecule has 0 aromatic heterocycles. The zero-order valence-corrected chi connectivity index (χ0v) is 9.00. The number of hydrogen-bond donors (Lipinski definition) is 2. The smallest absolute Gasteiger partial charge is 0.222 e. The van der Waals surface area contributed by atoms with Gasteiger partial charge in [-0.25, -0.2) is 0 Å². The molecular weight excluding hydrogens is 180 g/mol. The van der Waals surface area contributed by atoms with Crippen LogP contribution in [-0.4, -0.2) is 50.5 Å². The average Bonchev–Trinajstić information content (AvgIpc) is 2.19. The zero-order valence-electron chi connectivity index (χ0n) is 9.00. The third-order valence-corrected chi connectivity index (χ3v) is 2.43. The average molecular weight is 198 g/mol. The molecular formula is C9H18N4O. The Hall–Kier alpha value is -1.26. The second-order valence-corrected chi connectivity index (χ2v) is 3.48. The van der Waals surface area contributed by atoms with Crippen molar-refractivity contribution in [3.8, 4) is 0 Å². The molecule has 1 aliphatic rings. The molecule has 5 nitrogen and oxygen atoms in total. The molecule has 0 aromatic rings. The largest absolute Gasteiger partial charge is 0.359 e. The molecule has 1 rings (SSSR count). The van der Waals surface area contributed by atoms with Crippen LogP contribution in [0.4, 0.5) is 0 Å². The van der Waals surface area contributed by atoms with E-state index in [1.165, 1.54) is 0 Å². The molecule has 14 heavy (non-hydrogen) atoms. The molecule has 1 fully saturated rings. The molecule has 1 amide bonds. The predicted molar refractivity (Wildman–Crippen MR) is 56.2 cm³/mol. The molecule has 1 saturated heterocycles. The minimum atomic E-state index is 0.225. The number of guanidine groups is 1. The van der Waals surface area contributed by atoms with Crippen LogP contribution < -0.4 is 10.6 Å². The Morgan fingerprint density at radius 1 is 1.64 bits per heavy atom. The number of aliphatic imine (C=N–C) groups is 1.